The van der Waals surface area contributed by atoms with Crippen LogP contribution in [0.5, 0.6) is 11.5 Å². The van der Waals surface area contributed by atoms with E-state index >= 15 is 0 Å². The Morgan fingerprint density at radius 3 is 2.35 bits per heavy atom. The molecule has 9 nitrogen and oxygen atoms in total. The number of primary sulfonamides is 1. The topological polar surface area (TPSA) is 114 Å². The van der Waals surface area contributed by atoms with Crippen molar-refractivity contribution in [2.24, 2.45) is 5.14 Å². The summed E-state index contributed by atoms with van der Waals surface area (Å²) in [5.74, 6) is 1.50. The second-order valence-corrected chi connectivity index (χ2v) is 9.23. The van der Waals surface area contributed by atoms with Crippen molar-refractivity contribution in [1.29, 1.82) is 0 Å². The highest BCUT2D eigenvalue weighted by Gasteiger charge is 2.19. The molecule has 0 spiro atoms. The van der Waals surface area contributed by atoms with Gasteiger partial charge < -0.3 is 19.7 Å². The number of ether oxygens (including phenoxy) is 2. The van der Waals surface area contributed by atoms with Crippen LogP contribution in [-0.4, -0.2) is 63.6 Å². The van der Waals surface area contributed by atoms with Gasteiger partial charge in [-0.15, -0.1) is 0 Å². The van der Waals surface area contributed by atoms with Gasteiger partial charge in [0, 0.05) is 51.4 Å². The fraction of sp³-hybridized carbons (Fsp3) is 0.381. The Morgan fingerprint density at radius 2 is 1.65 bits per heavy atom. The molecule has 1 amide bonds. The maximum Gasteiger partial charge on any atom is 0.238 e. The third-order valence-corrected chi connectivity index (χ3v) is 6.36. The van der Waals surface area contributed by atoms with Crippen molar-refractivity contribution in [3.8, 4) is 11.5 Å². The fourth-order valence-electron chi connectivity index (χ4n) is 3.68. The smallest absolute Gasteiger partial charge is 0.238 e. The summed E-state index contributed by atoms with van der Waals surface area (Å²) in [6.07, 6.45) is 0.374. The van der Waals surface area contributed by atoms with Gasteiger partial charge in [-0.3, -0.25) is 9.69 Å². The zero-order valence-electron chi connectivity index (χ0n) is 17.1. The summed E-state index contributed by atoms with van der Waals surface area (Å²) in [5, 5.41) is 7.87. The largest absolute Gasteiger partial charge is 0.454 e. The van der Waals surface area contributed by atoms with Crippen LogP contribution in [0, 0.1) is 0 Å². The van der Waals surface area contributed by atoms with Crippen molar-refractivity contribution in [3.63, 3.8) is 0 Å². The second-order valence-electron chi connectivity index (χ2n) is 7.67. The first-order valence-corrected chi connectivity index (χ1v) is 11.7. The van der Waals surface area contributed by atoms with E-state index in [2.05, 4.69) is 21.2 Å². The highest BCUT2D eigenvalue weighted by molar-refractivity contribution is 7.89. The summed E-state index contributed by atoms with van der Waals surface area (Å²) < 4.78 is 33.4. The number of rotatable bonds is 7. The molecule has 0 aromatic heterocycles. The predicted octanol–water partition coefficient (Wildman–Crippen LogP) is 1.21. The van der Waals surface area contributed by atoms with Crippen LogP contribution in [-0.2, 0) is 21.4 Å². The van der Waals surface area contributed by atoms with Gasteiger partial charge in [-0.25, -0.2) is 13.6 Å². The van der Waals surface area contributed by atoms with Gasteiger partial charge in [0.15, 0.2) is 11.5 Å². The average Bonchev–Trinajstić information content (AvgIpc) is 3.21. The van der Waals surface area contributed by atoms with Crippen LogP contribution in [0.15, 0.2) is 47.4 Å². The van der Waals surface area contributed by atoms with Crippen LogP contribution in [0.4, 0.5) is 5.69 Å². The monoisotopic (exact) mass is 446 g/mol. The first kappa shape index (κ1) is 21.6. The summed E-state index contributed by atoms with van der Waals surface area (Å²) in [6.45, 7) is 5.50. The molecule has 0 unspecified atom stereocenters. The SMILES string of the molecule is NS(=O)(=O)c1ccc(NC(=O)CCN2CCN(Cc3ccc4c(c3)OCO4)CC2)cc1. The molecule has 0 aliphatic carbocycles. The fourth-order valence-corrected chi connectivity index (χ4v) is 4.20. The van der Waals surface area contributed by atoms with Crippen LogP contribution >= 0.6 is 0 Å². The van der Waals surface area contributed by atoms with Crippen molar-refractivity contribution in [2.45, 2.75) is 17.9 Å². The van der Waals surface area contributed by atoms with Gasteiger partial charge in [0.25, 0.3) is 0 Å². The van der Waals surface area contributed by atoms with E-state index in [0.29, 0.717) is 18.7 Å². The number of fused-ring (bicyclic) bond motifs is 1. The third kappa shape index (κ3) is 5.73. The van der Waals surface area contributed by atoms with Gasteiger partial charge in [0.1, 0.15) is 0 Å². The van der Waals surface area contributed by atoms with Gasteiger partial charge in [-0.2, -0.15) is 0 Å². The van der Waals surface area contributed by atoms with E-state index in [4.69, 9.17) is 14.6 Å². The standard InChI is InChI=1S/C21H26N4O5S/c22-31(27,28)18-4-2-17(3-5-18)23-21(26)7-8-24-9-11-25(12-10-24)14-16-1-6-19-20(13-16)30-15-29-19/h1-6,13H,7-12,14-15H2,(H,23,26)(H2,22,27,28). The summed E-state index contributed by atoms with van der Waals surface area (Å²) in [6, 6.07) is 11.9. The van der Waals surface area contributed by atoms with Crippen LogP contribution in [0.2, 0.25) is 0 Å². The van der Waals surface area contributed by atoms with E-state index in [1.807, 2.05) is 12.1 Å². The maximum atomic E-state index is 12.2. The summed E-state index contributed by atoms with van der Waals surface area (Å²) in [5.41, 5.74) is 1.75. The number of nitrogens with zero attached hydrogens (tertiary/aromatic N) is 2. The summed E-state index contributed by atoms with van der Waals surface area (Å²) in [4.78, 5) is 16.9. The molecule has 31 heavy (non-hydrogen) atoms. The van der Waals surface area contributed by atoms with Gasteiger partial charge in [-0.05, 0) is 42.0 Å². The lowest BCUT2D eigenvalue weighted by Crippen LogP contribution is -2.46. The van der Waals surface area contributed by atoms with Crippen molar-refractivity contribution < 1.29 is 22.7 Å². The highest BCUT2D eigenvalue weighted by atomic mass is 32.2. The molecule has 10 heteroatoms. The molecule has 2 aromatic rings. The van der Waals surface area contributed by atoms with Crippen LogP contribution in [0.1, 0.15) is 12.0 Å². The Bertz CT molecular complexity index is 1030. The molecule has 0 atom stereocenters. The molecule has 166 valence electrons. The number of sulfonamides is 1. The van der Waals surface area contributed by atoms with Crippen molar-refractivity contribution >= 4 is 21.6 Å². The summed E-state index contributed by atoms with van der Waals surface area (Å²) >= 11 is 0. The lowest BCUT2D eigenvalue weighted by Gasteiger charge is -2.34. The molecule has 0 radical (unpaired) electrons. The zero-order chi connectivity index (χ0) is 21.8. The number of carbonyl (C=O) groups is 1. The number of nitrogens with one attached hydrogen (secondary N) is 1. The number of hydrogen-bond donors (Lipinski definition) is 2. The van der Waals surface area contributed by atoms with Gasteiger partial charge in [0.2, 0.25) is 22.7 Å². The van der Waals surface area contributed by atoms with Crippen LogP contribution < -0.4 is 19.9 Å². The Kier molecular flexibility index (Phi) is 6.42. The molecule has 2 aromatic carbocycles. The lowest BCUT2D eigenvalue weighted by atomic mass is 10.1. The zero-order valence-corrected chi connectivity index (χ0v) is 17.9. The number of carbonyl (C=O) groups excluding carboxylic acids is 1. The van der Waals surface area contributed by atoms with E-state index in [0.717, 1.165) is 44.2 Å². The molecule has 4 rings (SSSR count). The molecule has 2 heterocycles. The Hall–Kier alpha value is -2.66. The number of hydrogen-bond acceptors (Lipinski definition) is 7. The van der Waals surface area contributed by atoms with E-state index < -0.39 is 10.0 Å². The van der Waals surface area contributed by atoms with E-state index in [1.54, 1.807) is 0 Å². The quantitative estimate of drug-likeness (QED) is 0.657. The van der Waals surface area contributed by atoms with Crippen molar-refractivity contribution in [3.05, 3.63) is 48.0 Å². The molecule has 3 N–H and O–H groups in total. The minimum Gasteiger partial charge on any atom is -0.454 e. The molecular weight excluding hydrogens is 420 g/mol. The van der Waals surface area contributed by atoms with Crippen molar-refractivity contribution in [2.75, 3.05) is 44.8 Å². The van der Waals surface area contributed by atoms with Crippen LogP contribution in [0.25, 0.3) is 0 Å². The number of nitrogens with two attached hydrogens (primary N) is 1. The van der Waals surface area contributed by atoms with Crippen molar-refractivity contribution in [1.82, 2.24) is 9.80 Å². The Balaban J connectivity index is 1.18. The average molecular weight is 447 g/mol. The second kappa shape index (κ2) is 9.23. The molecule has 1 saturated heterocycles. The first-order valence-electron chi connectivity index (χ1n) is 10.1. The van der Waals surface area contributed by atoms with E-state index in [-0.39, 0.29) is 17.6 Å². The molecule has 2 aliphatic rings. The van der Waals surface area contributed by atoms with Gasteiger partial charge >= 0.3 is 0 Å². The molecule has 0 saturated carbocycles. The molecule has 1 fully saturated rings. The minimum absolute atomic E-state index is 0.0177. The van der Waals surface area contributed by atoms with Crippen LogP contribution in [0.3, 0.4) is 0 Å². The minimum atomic E-state index is -3.74. The lowest BCUT2D eigenvalue weighted by molar-refractivity contribution is -0.116. The predicted molar refractivity (Wildman–Crippen MR) is 115 cm³/mol. The first-order chi connectivity index (χ1) is 14.9. The number of benzene rings is 2. The van der Waals surface area contributed by atoms with E-state index in [9.17, 15) is 13.2 Å². The number of anilines is 1. The molecular formula is C21H26N4O5S. The number of amides is 1. The maximum absolute atomic E-state index is 12.2. The highest BCUT2D eigenvalue weighted by Crippen LogP contribution is 2.32. The molecule has 0 bridgehead atoms. The van der Waals surface area contributed by atoms with Gasteiger partial charge in [0.05, 0.1) is 4.90 Å². The normalized spacial score (nSPS) is 16.9. The molecule has 2 aliphatic heterocycles. The Labute approximate surface area is 181 Å². The third-order valence-electron chi connectivity index (χ3n) is 5.43. The van der Waals surface area contributed by atoms with Gasteiger partial charge in [-0.1, -0.05) is 6.07 Å². The Morgan fingerprint density at radius 1 is 0.968 bits per heavy atom. The number of piperazine rings is 1. The van der Waals surface area contributed by atoms with E-state index in [1.165, 1.54) is 29.8 Å². The summed E-state index contributed by atoms with van der Waals surface area (Å²) in [7, 11) is -3.74.